The molecule has 3 amide bonds. The third-order valence-corrected chi connectivity index (χ3v) is 6.69. The highest BCUT2D eigenvalue weighted by Crippen LogP contribution is 2.33. The summed E-state index contributed by atoms with van der Waals surface area (Å²) >= 11 is 6.31. The Balaban J connectivity index is 1.73. The van der Waals surface area contributed by atoms with Crippen LogP contribution in [-0.4, -0.2) is 72.0 Å². The zero-order valence-corrected chi connectivity index (χ0v) is 23.6. The maximum absolute atomic E-state index is 13.7. The molecule has 2 unspecified atom stereocenters. The van der Waals surface area contributed by atoms with Gasteiger partial charge in [-0.2, -0.15) is 18.3 Å². The van der Waals surface area contributed by atoms with E-state index in [0.717, 1.165) is 16.8 Å². The first-order valence-corrected chi connectivity index (χ1v) is 12.9. The van der Waals surface area contributed by atoms with Crippen LogP contribution in [0.4, 0.5) is 18.0 Å². The molecule has 0 fully saturated rings. The number of nitrogens with one attached hydrogen (secondary N) is 2. The van der Waals surface area contributed by atoms with Crippen LogP contribution < -0.4 is 10.7 Å². The van der Waals surface area contributed by atoms with Crippen molar-refractivity contribution in [3.63, 3.8) is 0 Å². The van der Waals surface area contributed by atoms with Gasteiger partial charge in [-0.3, -0.25) is 15.0 Å². The third kappa shape index (κ3) is 6.50. The minimum atomic E-state index is -4.82. The largest absolute Gasteiger partial charge is 0.453 e. The fraction of sp³-hybridized carbons (Fsp3) is 0.417. The van der Waals surface area contributed by atoms with Gasteiger partial charge < -0.3 is 10.1 Å². The molecular weight excluding hydrogens is 585 g/mol. The van der Waals surface area contributed by atoms with E-state index in [-0.39, 0.29) is 39.6 Å². The first kappa shape index (κ1) is 30.4. The molecule has 2 atom stereocenters. The number of carbonyl (C=O) groups excluding carboxylic acids is 3. The number of halogens is 4. The van der Waals surface area contributed by atoms with Crippen molar-refractivity contribution < 1.29 is 32.3 Å². The molecule has 2 N–H and O–H groups in total. The second-order valence-electron chi connectivity index (χ2n) is 9.66. The van der Waals surface area contributed by atoms with E-state index in [1.807, 2.05) is 13.8 Å². The fourth-order valence-corrected chi connectivity index (χ4v) is 4.80. The van der Waals surface area contributed by atoms with E-state index in [1.165, 1.54) is 25.4 Å². The lowest BCUT2D eigenvalue weighted by Crippen LogP contribution is -2.45. The molecule has 1 aliphatic carbocycles. The second-order valence-corrected chi connectivity index (χ2v) is 10.1. The first-order valence-electron chi connectivity index (χ1n) is 12.5. The van der Waals surface area contributed by atoms with E-state index in [0.29, 0.717) is 23.2 Å². The zero-order chi connectivity index (χ0) is 30.8. The van der Waals surface area contributed by atoms with Crippen LogP contribution in [0.15, 0.2) is 35.7 Å². The summed E-state index contributed by atoms with van der Waals surface area (Å²) in [7, 11) is 2.47. The Bertz CT molecular complexity index is 1540. The van der Waals surface area contributed by atoms with Crippen molar-refractivity contribution in [2.45, 2.75) is 39.4 Å². The summed E-state index contributed by atoms with van der Waals surface area (Å²) in [5.74, 6) is -2.83. The molecule has 0 saturated carbocycles. The van der Waals surface area contributed by atoms with Crippen molar-refractivity contribution in [3.05, 3.63) is 57.9 Å². The lowest BCUT2D eigenvalue weighted by atomic mass is 9.81. The lowest BCUT2D eigenvalue weighted by molar-refractivity contribution is -0.147. The number of hydrogen-bond acceptors (Lipinski definition) is 9. The van der Waals surface area contributed by atoms with Gasteiger partial charge in [0.1, 0.15) is 5.69 Å². The van der Waals surface area contributed by atoms with Gasteiger partial charge >= 0.3 is 12.3 Å². The summed E-state index contributed by atoms with van der Waals surface area (Å²) < 4.78 is 46.2. The number of carbonyl (C=O) groups is 3. The van der Waals surface area contributed by atoms with Crippen LogP contribution in [0.1, 0.15) is 48.7 Å². The predicted octanol–water partition coefficient (Wildman–Crippen LogP) is 2.75. The minimum absolute atomic E-state index is 0.00312. The van der Waals surface area contributed by atoms with Crippen molar-refractivity contribution in [1.82, 2.24) is 50.7 Å². The molecule has 14 nitrogen and oxygen atoms in total. The van der Waals surface area contributed by atoms with Gasteiger partial charge in [0, 0.05) is 24.5 Å². The Morgan fingerprint density at radius 1 is 1.24 bits per heavy atom. The first-order chi connectivity index (χ1) is 19.8. The van der Waals surface area contributed by atoms with Gasteiger partial charge in [-0.25, -0.2) is 24.2 Å². The molecule has 1 aliphatic rings. The Hall–Kier alpha value is -4.54. The maximum Gasteiger partial charge on any atom is 0.453 e. The average Bonchev–Trinajstić information content (AvgIpc) is 3.57. The highest BCUT2D eigenvalue weighted by Gasteiger charge is 2.38. The van der Waals surface area contributed by atoms with Gasteiger partial charge in [-0.15, -0.1) is 5.10 Å². The van der Waals surface area contributed by atoms with Crippen LogP contribution in [0.2, 0.25) is 5.02 Å². The van der Waals surface area contributed by atoms with Crippen LogP contribution >= 0.6 is 11.6 Å². The molecule has 0 spiro atoms. The summed E-state index contributed by atoms with van der Waals surface area (Å²) in [6.45, 7) is 3.26. The number of allylic oxidation sites excluding steroid dienone is 1. The van der Waals surface area contributed by atoms with Gasteiger partial charge in [0.2, 0.25) is 0 Å². The van der Waals surface area contributed by atoms with E-state index < -0.39 is 36.5 Å². The van der Waals surface area contributed by atoms with Crippen molar-refractivity contribution in [3.8, 4) is 5.82 Å². The van der Waals surface area contributed by atoms with E-state index in [1.54, 1.807) is 6.07 Å². The Labute approximate surface area is 241 Å². The third-order valence-electron chi connectivity index (χ3n) is 6.40. The molecule has 224 valence electrons. The number of tetrazole rings is 1. The molecule has 0 bridgehead atoms. The molecule has 0 saturated heterocycles. The van der Waals surface area contributed by atoms with E-state index >= 15 is 0 Å². The molecule has 18 heteroatoms. The lowest BCUT2D eigenvalue weighted by Gasteiger charge is -2.30. The topological polar surface area (TPSA) is 162 Å². The highest BCUT2D eigenvalue weighted by atomic mass is 35.5. The van der Waals surface area contributed by atoms with Crippen molar-refractivity contribution >= 4 is 29.5 Å². The predicted molar refractivity (Wildman–Crippen MR) is 139 cm³/mol. The minimum Gasteiger partial charge on any atom is -0.452 e. The fourth-order valence-electron chi connectivity index (χ4n) is 4.59. The van der Waals surface area contributed by atoms with Gasteiger partial charge in [-0.05, 0) is 53.3 Å². The van der Waals surface area contributed by atoms with E-state index in [2.05, 4.69) is 41.1 Å². The van der Waals surface area contributed by atoms with E-state index in [4.69, 9.17) is 11.6 Å². The summed E-state index contributed by atoms with van der Waals surface area (Å²) in [6, 6.07) is 4.31. The number of ether oxygens (including phenoxy) is 1. The molecule has 3 heterocycles. The zero-order valence-electron chi connectivity index (χ0n) is 22.8. The van der Waals surface area contributed by atoms with Gasteiger partial charge in [0.25, 0.3) is 17.6 Å². The molecule has 0 aliphatic heterocycles. The van der Waals surface area contributed by atoms with Gasteiger partial charge in [-0.1, -0.05) is 25.4 Å². The Morgan fingerprint density at radius 3 is 2.64 bits per heavy atom. The number of amides is 3. The Kier molecular flexibility index (Phi) is 8.79. The molecule has 0 aromatic carbocycles. The highest BCUT2D eigenvalue weighted by molar-refractivity contribution is 6.32. The summed E-state index contributed by atoms with van der Waals surface area (Å²) in [6.07, 6.45) is -3.27. The Morgan fingerprint density at radius 2 is 1.98 bits per heavy atom. The summed E-state index contributed by atoms with van der Waals surface area (Å²) in [4.78, 5) is 42.8. The van der Waals surface area contributed by atoms with Crippen LogP contribution in [0, 0.1) is 11.8 Å². The number of rotatable bonds is 6. The van der Waals surface area contributed by atoms with Crippen LogP contribution in [0.5, 0.6) is 0 Å². The smallest absolute Gasteiger partial charge is 0.452 e. The summed E-state index contributed by atoms with van der Waals surface area (Å²) in [5.41, 5.74) is 2.86. The molecular formula is C24H26ClF3N10O4. The number of aromatic nitrogens is 7. The molecule has 4 rings (SSSR count). The quantitative estimate of drug-likeness (QED) is 0.400. The number of alkyl halides is 3. The number of pyridine rings is 1. The monoisotopic (exact) mass is 610 g/mol. The number of nitrogens with zero attached hydrogens (tertiary/aromatic N) is 8. The SMILES string of the molecule is COC(=O)N(C)NC(=O)C1=C(NC(=O)c2cc(Cn3nnnc3C(F)(F)F)nn2-c2ncccc2Cl)C(C)CC(C)C1. The molecule has 42 heavy (non-hydrogen) atoms. The molecule has 3 aromatic rings. The number of methoxy groups -OCH3 is 1. The van der Waals surface area contributed by atoms with Gasteiger partial charge in [0.15, 0.2) is 5.82 Å². The maximum atomic E-state index is 13.7. The van der Waals surface area contributed by atoms with Crippen LogP contribution in [-0.2, 0) is 22.3 Å². The van der Waals surface area contributed by atoms with Crippen LogP contribution in [0.3, 0.4) is 0 Å². The standard InChI is InChI=1S/C24H26ClF3N10O4/c1-12-8-13(2)18(15(9-12)20(39)33-36(3)23(41)42-4)30-21(40)17-10-14(11-37-22(24(26,27)28)31-34-35-37)32-38(17)19-16(25)6-5-7-29-19/h5-7,10,12-13H,8-9,11H2,1-4H3,(H,30,40)(H,33,39). The van der Waals surface area contributed by atoms with Crippen LogP contribution in [0.25, 0.3) is 5.82 Å². The number of hydrazine groups is 1. The van der Waals surface area contributed by atoms with Crippen molar-refractivity contribution in [1.29, 1.82) is 0 Å². The second kappa shape index (κ2) is 12.1. The van der Waals surface area contributed by atoms with Crippen molar-refractivity contribution in [2.75, 3.05) is 14.2 Å². The summed E-state index contributed by atoms with van der Waals surface area (Å²) in [5, 5.41) is 17.6. The molecule has 3 aromatic heterocycles. The average molecular weight is 611 g/mol. The molecule has 0 radical (unpaired) electrons. The normalized spacial score (nSPS) is 17.1. The van der Waals surface area contributed by atoms with Crippen molar-refractivity contribution in [2.24, 2.45) is 11.8 Å². The number of hydrogen-bond donors (Lipinski definition) is 2. The van der Waals surface area contributed by atoms with Gasteiger partial charge in [0.05, 0.1) is 24.4 Å². The van der Waals surface area contributed by atoms with E-state index in [9.17, 15) is 27.6 Å².